The molecule has 1 rings (SSSR count). The fraction of sp³-hybridized carbons (Fsp3) is 0.824. The van der Waals surface area contributed by atoms with Gasteiger partial charge in [-0.15, -0.1) is 0 Å². The molecule has 0 bridgehead atoms. The van der Waals surface area contributed by atoms with Gasteiger partial charge in [0.25, 0.3) is 0 Å². The van der Waals surface area contributed by atoms with Crippen molar-refractivity contribution in [2.24, 2.45) is 5.73 Å². The standard InChI is InChI=1S/C17H30N2O8/c1-5-13-15(25-11(3)21)16(26-12(4)22)14(19-10(2)20)17(27-13)24-9-8-23-7-6-18/h13-17H,5-9,18H2,1-4H3,(H,19,20)/t13-,14-,15+,16-,17-/m1/s1. The molecular weight excluding hydrogens is 360 g/mol. The van der Waals surface area contributed by atoms with E-state index in [9.17, 15) is 14.4 Å². The van der Waals surface area contributed by atoms with E-state index in [2.05, 4.69) is 5.32 Å². The van der Waals surface area contributed by atoms with E-state index in [4.69, 9.17) is 29.4 Å². The van der Waals surface area contributed by atoms with Gasteiger partial charge in [0.2, 0.25) is 5.91 Å². The number of esters is 2. The van der Waals surface area contributed by atoms with Gasteiger partial charge in [0.1, 0.15) is 12.1 Å². The molecule has 0 aromatic rings. The molecule has 0 aromatic heterocycles. The normalized spacial score (nSPS) is 27.7. The molecule has 0 spiro atoms. The summed E-state index contributed by atoms with van der Waals surface area (Å²) in [5.41, 5.74) is 5.36. The fourth-order valence-electron chi connectivity index (χ4n) is 2.84. The Morgan fingerprint density at radius 2 is 1.63 bits per heavy atom. The predicted octanol–water partition coefficient (Wildman–Crippen LogP) is -0.519. The maximum atomic E-state index is 11.7. The SMILES string of the molecule is CC[C@H]1O[C@@H](OCCOCCN)[C@H](NC(C)=O)[C@@H](OC(C)=O)[C@H]1OC(C)=O. The van der Waals surface area contributed by atoms with Crippen LogP contribution in [0.4, 0.5) is 0 Å². The molecule has 10 heteroatoms. The number of hydrogen-bond donors (Lipinski definition) is 2. The lowest BCUT2D eigenvalue weighted by Gasteiger charge is -2.45. The highest BCUT2D eigenvalue weighted by atomic mass is 16.7. The van der Waals surface area contributed by atoms with Crippen LogP contribution in [0.1, 0.15) is 34.1 Å². The quantitative estimate of drug-likeness (QED) is 0.373. The van der Waals surface area contributed by atoms with Gasteiger partial charge in [-0.05, 0) is 6.42 Å². The Morgan fingerprint density at radius 3 is 2.15 bits per heavy atom. The van der Waals surface area contributed by atoms with Crippen LogP contribution in [0.2, 0.25) is 0 Å². The molecule has 10 nitrogen and oxygen atoms in total. The molecule has 0 unspecified atom stereocenters. The summed E-state index contributed by atoms with van der Waals surface area (Å²) in [5.74, 6) is -1.49. The van der Waals surface area contributed by atoms with E-state index >= 15 is 0 Å². The van der Waals surface area contributed by atoms with Crippen molar-refractivity contribution < 1.29 is 38.1 Å². The van der Waals surface area contributed by atoms with Crippen molar-refractivity contribution in [3.63, 3.8) is 0 Å². The maximum Gasteiger partial charge on any atom is 0.303 e. The third-order valence-corrected chi connectivity index (χ3v) is 3.79. The van der Waals surface area contributed by atoms with Gasteiger partial charge in [-0.3, -0.25) is 14.4 Å². The summed E-state index contributed by atoms with van der Waals surface area (Å²) in [7, 11) is 0. The summed E-state index contributed by atoms with van der Waals surface area (Å²) in [6.45, 7) is 6.90. The summed E-state index contributed by atoms with van der Waals surface area (Å²) >= 11 is 0. The van der Waals surface area contributed by atoms with Gasteiger partial charge in [-0.25, -0.2) is 0 Å². The molecule has 1 aliphatic rings. The van der Waals surface area contributed by atoms with Crippen LogP contribution in [-0.4, -0.2) is 74.9 Å². The first-order valence-electron chi connectivity index (χ1n) is 8.96. The third kappa shape index (κ3) is 7.79. The van der Waals surface area contributed by atoms with Gasteiger partial charge in [0.05, 0.1) is 19.8 Å². The molecule has 27 heavy (non-hydrogen) atoms. The molecule has 0 aromatic carbocycles. The highest BCUT2D eigenvalue weighted by molar-refractivity contribution is 5.73. The number of carbonyl (C=O) groups is 3. The first-order chi connectivity index (χ1) is 12.8. The molecule has 1 heterocycles. The van der Waals surface area contributed by atoms with Crippen LogP contribution in [0.5, 0.6) is 0 Å². The van der Waals surface area contributed by atoms with Gasteiger partial charge in [-0.2, -0.15) is 0 Å². The Hall–Kier alpha value is -1.75. The number of amides is 1. The maximum absolute atomic E-state index is 11.7. The monoisotopic (exact) mass is 390 g/mol. The van der Waals surface area contributed by atoms with Crippen LogP contribution < -0.4 is 11.1 Å². The third-order valence-electron chi connectivity index (χ3n) is 3.79. The molecule has 0 radical (unpaired) electrons. The van der Waals surface area contributed by atoms with Crippen LogP contribution in [-0.2, 0) is 38.1 Å². The molecule has 3 N–H and O–H groups in total. The second-order valence-corrected chi connectivity index (χ2v) is 6.10. The molecule has 1 aliphatic heterocycles. The van der Waals surface area contributed by atoms with Crippen molar-refractivity contribution in [3.05, 3.63) is 0 Å². The average molecular weight is 390 g/mol. The number of rotatable bonds is 10. The van der Waals surface area contributed by atoms with Crippen LogP contribution in [0.15, 0.2) is 0 Å². The molecular formula is C17H30N2O8. The highest BCUT2D eigenvalue weighted by Gasteiger charge is 2.50. The Bertz CT molecular complexity index is 501. The van der Waals surface area contributed by atoms with Crippen LogP contribution in [0.25, 0.3) is 0 Å². The lowest BCUT2D eigenvalue weighted by molar-refractivity contribution is -0.273. The number of carbonyl (C=O) groups excluding carboxylic acids is 3. The van der Waals surface area contributed by atoms with E-state index in [1.165, 1.54) is 20.8 Å². The lowest BCUT2D eigenvalue weighted by atomic mass is 9.94. The molecule has 156 valence electrons. The van der Waals surface area contributed by atoms with Crippen LogP contribution in [0, 0.1) is 0 Å². The zero-order chi connectivity index (χ0) is 20.4. The Balaban J connectivity index is 3.01. The zero-order valence-corrected chi connectivity index (χ0v) is 16.3. The van der Waals surface area contributed by atoms with Gasteiger partial charge in [-0.1, -0.05) is 6.92 Å². The van der Waals surface area contributed by atoms with Crippen molar-refractivity contribution in [3.8, 4) is 0 Å². The highest BCUT2D eigenvalue weighted by Crippen LogP contribution is 2.28. The van der Waals surface area contributed by atoms with Gasteiger partial charge in [0.15, 0.2) is 18.5 Å². The van der Waals surface area contributed by atoms with Gasteiger partial charge >= 0.3 is 11.9 Å². The summed E-state index contributed by atoms with van der Waals surface area (Å²) in [4.78, 5) is 34.8. The molecule has 1 fully saturated rings. The lowest BCUT2D eigenvalue weighted by Crippen LogP contribution is -2.65. The summed E-state index contributed by atoms with van der Waals surface area (Å²) in [5, 5.41) is 2.67. The largest absolute Gasteiger partial charge is 0.456 e. The zero-order valence-electron chi connectivity index (χ0n) is 16.3. The first-order valence-corrected chi connectivity index (χ1v) is 8.96. The smallest absolute Gasteiger partial charge is 0.303 e. The van der Waals surface area contributed by atoms with E-state index in [1.54, 1.807) is 0 Å². The van der Waals surface area contributed by atoms with Gasteiger partial charge in [0, 0.05) is 27.3 Å². The van der Waals surface area contributed by atoms with Crippen molar-refractivity contribution in [1.29, 1.82) is 0 Å². The fourth-order valence-corrected chi connectivity index (χ4v) is 2.84. The summed E-state index contributed by atoms with van der Waals surface area (Å²) in [6.07, 6.45) is -2.83. The van der Waals surface area contributed by atoms with E-state index < -0.39 is 42.6 Å². The second kappa shape index (κ2) is 11.9. The molecule has 1 saturated heterocycles. The average Bonchev–Trinajstić information content (AvgIpc) is 2.57. The Labute approximate surface area is 159 Å². The second-order valence-electron chi connectivity index (χ2n) is 6.10. The summed E-state index contributed by atoms with van der Waals surface area (Å²) < 4.78 is 27.6. The number of hydrogen-bond acceptors (Lipinski definition) is 9. The summed E-state index contributed by atoms with van der Waals surface area (Å²) in [6, 6.07) is -0.854. The number of nitrogens with two attached hydrogens (primary N) is 1. The van der Waals surface area contributed by atoms with Crippen molar-refractivity contribution >= 4 is 17.8 Å². The van der Waals surface area contributed by atoms with Crippen molar-refractivity contribution in [2.75, 3.05) is 26.4 Å². The minimum absolute atomic E-state index is 0.183. The van der Waals surface area contributed by atoms with E-state index in [0.717, 1.165) is 0 Å². The van der Waals surface area contributed by atoms with Crippen LogP contribution in [0.3, 0.4) is 0 Å². The molecule has 0 aliphatic carbocycles. The predicted molar refractivity (Wildman–Crippen MR) is 93.5 cm³/mol. The molecule has 1 amide bonds. The Kier molecular flexibility index (Phi) is 10.2. The van der Waals surface area contributed by atoms with Crippen LogP contribution >= 0.6 is 0 Å². The minimum Gasteiger partial charge on any atom is -0.456 e. The topological polar surface area (TPSA) is 135 Å². The molecule has 0 saturated carbocycles. The number of nitrogens with one attached hydrogen (secondary N) is 1. The van der Waals surface area contributed by atoms with E-state index in [0.29, 0.717) is 19.6 Å². The molecule has 5 atom stereocenters. The van der Waals surface area contributed by atoms with Gasteiger partial charge < -0.3 is 34.7 Å². The van der Waals surface area contributed by atoms with Crippen molar-refractivity contribution in [2.45, 2.75) is 64.8 Å². The first kappa shape index (κ1) is 23.3. The Morgan fingerprint density at radius 1 is 1.00 bits per heavy atom. The minimum atomic E-state index is -0.955. The van der Waals surface area contributed by atoms with E-state index in [-0.39, 0.29) is 19.1 Å². The van der Waals surface area contributed by atoms with E-state index in [1.807, 2.05) is 6.92 Å². The van der Waals surface area contributed by atoms with Crippen molar-refractivity contribution in [1.82, 2.24) is 5.32 Å². The number of ether oxygens (including phenoxy) is 5.